The van der Waals surface area contributed by atoms with E-state index in [0.29, 0.717) is 12.5 Å². The minimum atomic E-state index is -0.0164. The van der Waals surface area contributed by atoms with E-state index in [1.54, 1.807) is 0 Å². The standard InChI is InChI=1S/C17H24BrNO2/c1-2-21-17(20)15-8-10-19(11-9-15)13-16(12-18)14-6-4-3-5-7-14/h3-7,15-16H,2,8-13H2,1H3. The van der Waals surface area contributed by atoms with Crippen LogP contribution in [0.1, 0.15) is 31.2 Å². The Morgan fingerprint density at radius 3 is 2.57 bits per heavy atom. The molecule has 0 radical (unpaired) electrons. The van der Waals surface area contributed by atoms with Crippen LogP contribution in [0.25, 0.3) is 0 Å². The predicted molar refractivity (Wildman–Crippen MR) is 88.8 cm³/mol. The first-order valence-corrected chi connectivity index (χ1v) is 8.86. The van der Waals surface area contributed by atoms with Gasteiger partial charge in [0, 0.05) is 17.8 Å². The van der Waals surface area contributed by atoms with Crippen LogP contribution < -0.4 is 0 Å². The van der Waals surface area contributed by atoms with E-state index in [2.05, 4.69) is 51.2 Å². The average molecular weight is 354 g/mol. The second kappa shape index (κ2) is 8.54. The van der Waals surface area contributed by atoms with Gasteiger partial charge in [-0.2, -0.15) is 0 Å². The minimum absolute atomic E-state index is 0.0164. The summed E-state index contributed by atoms with van der Waals surface area (Å²) in [6.45, 7) is 5.37. The molecule has 0 amide bonds. The number of nitrogens with zero attached hydrogens (tertiary/aromatic N) is 1. The van der Waals surface area contributed by atoms with Crippen molar-refractivity contribution in [2.45, 2.75) is 25.7 Å². The van der Waals surface area contributed by atoms with Crippen LogP contribution in [-0.4, -0.2) is 42.4 Å². The number of rotatable bonds is 6. The number of piperidine rings is 1. The highest BCUT2D eigenvalue weighted by molar-refractivity contribution is 9.09. The third kappa shape index (κ3) is 4.82. The summed E-state index contributed by atoms with van der Waals surface area (Å²) < 4.78 is 5.12. The maximum Gasteiger partial charge on any atom is 0.309 e. The summed E-state index contributed by atoms with van der Waals surface area (Å²) >= 11 is 3.63. The van der Waals surface area contributed by atoms with Crippen molar-refractivity contribution < 1.29 is 9.53 Å². The Hall–Kier alpha value is -0.870. The van der Waals surface area contributed by atoms with Gasteiger partial charge in [-0.15, -0.1) is 0 Å². The lowest BCUT2D eigenvalue weighted by molar-refractivity contribution is -0.149. The third-order valence-electron chi connectivity index (χ3n) is 4.14. The van der Waals surface area contributed by atoms with Gasteiger partial charge in [0.25, 0.3) is 0 Å². The van der Waals surface area contributed by atoms with E-state index >= 15 is 0 Å². The lowest BCUT2D eigenvalue weighted by Crippen LogP contribution is -2.39. The number of hydrogen-bond acceptors (Lipinski definition) is 3. The molecule has 0 bridgehead atoms. The number of esters is 1. The number of alkyl halides is 1. The minimum Gasteiger partial charge on any atom is -0.466 e. The van der Waals surface area contributed by atoms with Crippen molar-refractivity contribution in [3.8, 4) is 0 Å². The first-order valence-electron chi connectivity index (χ1n) is 7.74. The molecule has 1 saturated heterocycles. The molecule has 0 spiro atoms. The zero-order valence-corrected chi connectivity index (χ0v) is 14.2. The lowest BCUT2D eigenvalue weighted by atomic mass is 9.94. The largest absolute Gasteiger partial charge is 0.466 e. The zero-order valence-electron chi connectivity index (χ0n) is 12.6. The molecule has 2 rings (SSSR count). The third-order valence-corrected chi connectivity index (χ3v) is 4.92. The predicted octanol–water partition coefficient (Wildman–Crippen LogP) is 3.44. The molecule has 0 N–H and O–H groups in total. The van der Waals surface area contributed by atoms with E-state index in [4.69, 9.17) is 4.74 Å². The maximum atomic E-state index is 11.8. The van der Waals surface area contributed by atoms with E-state index in [-0.39, 0.29) is 11.9 Å². The summed E-state index contributed by atoms with van der Waals surface area (Å²) in [7, 11) is 0. The molecule has 1 heterocycles. The second-order valence-corrected chi connectivity index (χ2v) is 6.24. The van der Waals surface area contributed by atoms with Crippen molar-refractivity contribution in [3.05, 3.63) is 35.9 Å². The van der Waals surface area contributed by atoms with Gasteiger partial charge in [-0.05, 0) is 38.4 Å². The molecule has 1 aromatic carbocycles. The number of carbonyl (C=O) groups is 1. The van der Waals surface area contributed by atoms with Gasteiger partial charge in [0.15, 0.2) is 0 Å². The molecule has 3 nitrogen and oxygen atoms in total. The van der Waals surface area contributed by atoms with Crippen molar-refractivity contribution in [1.29, 1.82) is 0 Å². The number of carbonyl (C=O) groups excluding carboxylic acids is 1. The van der Waals surface area contributed by atoms with Crippen molar-refractivity contribution in [2.75, 3.05) is 31.6 Å². The normalized spacial score (nSPS) is 18.4. The molecule has 0 aliphatic carbocycles. The van der Waals surface area contributed by atoms with Gasteiger partial charge >= 0.3 is 5.97 Å². The van der Waals surface area contributed by atoms with Crippen LogP contribution in [0.2, 0.25) is 0 Å². The summed E-state index contributed by atoms with van der Waals surface area (Å²) in [6, 6.07) is 10.6. The first-order chi connectivity index (χ1) is 10.2. The highest BCUT2D eigenvalue weighted by atomic mass is 79.9. The summed E-state index contributed by atoms with van der Waals surface area (Å²) in [5, 5.41) is 0.967. The molecule has 1 aliphatic rings. The van der Waals surface area contributed by atoms with Gasteiger partial charge in [-0.3, -0.25) is 4.79 Å². The number of ether oxygens (including phenoxy) is 1. The van der Waals surface area contributed by atoms with Gasteiger partial charge in [0.05, 0.1) is 12.5 Å². The lowest BCUT2D eigenvalue weighted by Gasteiger charge is -2.33. The van der Waals surface area contributed by atoms with Crippen molar-refractivity contribution in [1.82, 2.24) is 4.90 Å². The molecular formula is C17H24BrNO2. The molecule has 0 saturated carbocycles. The van der Waals surface area contributed by atoms with Gasteiger partial charge in [-0.25, -0.2) is 0 Å². The van der Waals surface area contributed by atoms with E-state index in [1.165, 1.54) is 5.56 Å². The van der Waals surface area contributed by atoms with Crippen molar-refractivity contribution in [2.24, 2.45) is 5.92 Å². The molecule has 1 aliphatic heterocycles. The average Bonchev–Trinajstić information content (AvgIpc) is 2.54. The smallest absolute Gasteiger partial charge is 0.309 e. The zero-order chi connectivity index (χ0) is 15.1. The molecule has 21 heavy (non-hydrogen) atoms. The SMILES string of the molecule is CCOC(=O)C1CCN(CC(CBr)c2ccccc2)CC1. The van der Waals surface area contributed by atoms with Crippen LogP contribution in [0.5, 0.6) is 0 Å². The number of hydrogen-bond donors (Lipinski definition) is 0. The molecule has 4 heteroatoms. The monoisotopic (exact) mass is 353 g/mol. The molecule has 1 unspecified atom stereocenters. The van der Waals surface area contributed by atoms with Crippen LogP contribution in [0.3, 0.4) is 0 Å². The van der Waals surface area contributed by atoms with Gasteiger partial charge in [0.1, 0.15) is 0 Å². The Morgan fingerprint density at radius 1 is 1.33 bits per heavy atom. The van der Waals surface area contributed by atoms with Crippen LogP contribution in [0, 0.1) is 5.92 Å². The quantitative estimate of drug-likeness (QED) is 0.579. The van der Waals surface area contributed by atoms with Gasteiger partial charge < -0.3 is 9.64 Å². The van der Waals surface area contributed by atoms with Crippen LogP contribution in [0.4, 0.5) is 0 Å². The Labute approximate surface area is 135 Å². The molecular weight excluding hydrogens is 330 g/mol. The van der Waals surface area contributed by atoms with E-state index < -0.39 is 0 Å². The van der Waals surface area contributed by atoms with E-state index in [0.717, 1.165) is 37.8 Å². The van der Waals surface area contributed by atoms with Crippen LogP contribution >= 0.6 is 15.9 Å². The summed E-state index contributed by atoms with van der Waals surface area (Å²) in [5.41, 5.74) is 1.38. The summed E-state index contributed by atoms with van der Waals surface area (Å²) in [6.07, 6.45) is 1.84. The second-order valence-electron chi connectivity index (χ2n) is 5.59. The first kappa shape index (κ1) is 16.5. The fraction of sp³-hybridized carbons (Fsp3) is 0.588. The number of halogens is 1. The number of benzene rings is 1. The Kier molecular flexibility index (Phi) is 6.71. The van der Waals surface area contributed by atoms with Crippen LogP contribution in [-0.2, 0) is 9.53 Å². The van der Waals surface area contributed by atoms with E-state index in [9.17, 15) is 4.79 Å². The van der Waals surface area contributed by atoms with Gasteiger partial charge in [-0.1, -0.05) is 46.3 Å². The molecule has 0 aromatic heterocycles. The highest BCUT2D eigenvalue weighted by Gasteiger charge is 2.27. The summed E-state index contributed by atoms with van der Waals surface area (Å²) in [4.78, 5) is 14.2. The van der Waals surface area contributed by atoms with Crippen molar-refractivity contribution in [3.63, 3.8) is 0 Å². The number of likely N-dealkylation sites (tertiary alicyclic amines) is 1. The Bertz CT molecular complexity index is 430. The molecule has 1 fully saturated rings. The Balaban J connectivity index is 1.83. The fourth-order valence-corrected chi connectivity index (χ4v) is 3.47. The Morgan fingerprint density at radius 2 is 2.00 bits per heavy atom. The molecule has 1 aromatic rings. The maximum absolute atomic E-state index is 11.8. The molecule has 1 atom stereocenters. The van der Waals surface area contributed by atoms with Gasteiger partial charge in [0.2, 0.25) is 0 Å². The highest BCUT2D eigenvalue weighted by Crippen LogP contribution is 2.24. The van der Waals surface area contributed by atoms with Crippen LogP contribution in [0.15, 0.2) is 30.3 Å². The van der Waals surface area contributed by atoms with Crippen molar-refractivity contribution >= 4 is 21.9 Å². The van der Waals surface area contributed by atoms with E-state index in [1.807, 2.05) is 6.92 Å². The topological polar surface area (TPSA) is 29.5 Å². The fourth-order valence-electron chi connectivity index (χ4n) is 2.89. The molecule has 116 valence electrons. The summed E-state index contributed by atoms with van der Waals surface area (Å²) in [5.74, 6) is 0.586.